The quantitative estimate of drug-likeness (QED) is 0.621. The fourth-order valence-corrected chi connectivity index (χ4v) is 1.25. The van der Waals surface area contributed by atoms with Crippen molar-refractivity contribution in [2.45, 2.75) is 13.6 Å². The molecule has 1 N–H and O–H groups in total. The number of rotatable bonds is 1. The first-order chi connectivity index (χ1) is 7.38. The number of fused-ring (bicyclic) bond motifs is 1. The second-order valence-corrected chi connectivity index (χ2v) is 3.04. The molecule has 0 spiro atoms. The van der Waals surface area contributed by atoms with E-state index in [0.29, 0.717) is 0 Å². The molecule has 0 radical (unpaired) electrons. The molecule has 1 heterocycles. The standard InChI is InChI=1S/C8H4F3N3O2.CH4/c9-8(10,11)7-12-5-2-1-4(14(15)16)3-6(5)13-7;/h1-3H,(H,12,13);1H4. The van der Waals surface area contributed by atoms with Gasteiger partial charge in [0.15, 0.2) is 0 Å². The van der Waals surface area contributed by atoms with Gasteiger partial charge in [-0.1, -0.05) is 7.43 Å². The summed E-state index contributed by atoms with van der Waals surface area (Å²) in [4.78, 5) is 15.0. The van der Waals surface area contributed by atoms with Crippen molar-refractivity contribution in [1.82, 2.24) is 9.97 Å². The average molecular weight is 247 g/mol. The Bertz CT molecular complexity index is 562. The van der Waals surface area contributed by atoms with Crippen LogP contribution in [0.5, 0.6) is 0 Å². The van der Waals surface area contributed by atoms with E-state index in [1.807, 2.05) is 4.98 Å². The highest BCUT2D eigenvalue weighted by atomic mass is 19.4. The summed E-state index contributed by atoms with van der Waals surface area (Å²) in [7, 11) is 0. The van der Waals surface area contributed by atoms with Crippen LogP contribution in [0.25, 0.3) is 11.0 Å². The molecule has 0 saturated carbocycles. The van der Waals surface area contributed by atoms with Gasteiger partial charge in [0, 0.05) is 12.1 Å². The first-order valence-corrected chi connectivity index (χ1v) is 4.09. The maximum absolute atomic E-state index is 12.3. The number of nitrogens with one attached hydrogen (secondary N) is 1. The van der Waals surface area contributed by atoms with Crippen molar-refractivity contribution < 1.29 is 18.1 Å². The number of benzene rings is 1. The maximum Gasteiger partial charge on any atom is 0.449 e. The van der Waals surface area contributed by atoms with Crippen LogP contribution in [0.4, 0.5) is 18.9 Å². The van der Waals surface area contributed by atoms with Crippen LogP contribution in [0.1, 0.15) is 13.3 Å². The molecule has 2 aromatic rings. The zero-order valence-corrected chi connectivity index (χ0v) is 7.58. The summed E-state index contributed by atoms with van der Waals surface area (Å²) >= 11 is 0. The van der Waals surface area contributed by atoms with E-state index in [4.69, 9.17) is 0 Å². The predicted octanol–water partition coefficient (Wildman–Crippen LogP) is 3.13. The van der Waals surface area contributed by atoms with Crippen LogP contribution >= 0.6 is 0 Å². The molecule has 92 valence electrons. The van der Waals surface area contributed by atoms with Crippen LogP contribution in [0.2, 0.25) is 0 Å². The Labute approximate surface area is 93.4 Å². The number of hydrogen-bond acceptors (Lipinski definition) is 3. The van der Waals surface area contributed by atoms with E-state index < -0.39 is 16.9 Å². The lowest BCUT2D eigenvalue weighted by molar-refractivity contribution is -0.384. The number of H-pyrrole nitrogens is 1. The minimum absolute atomic E-state index is 0. The fourth-order valence-electron chi connectivity index (χ4n) is 1.25. The van der Waals surface area contributed by atoms with E-state index >= 15 is 0 Å². The minimum atomic E-state index is -4.59. The van der Waals surface area contributed by atoms with Gasteiger partial charge in [-0.15, -0.1) is 0 Å². The number of nitro benzene ring substituents is 1. The van der Waals surface area contributed by atoms with Crippen LogP contribution < -0.4 is 0 Å². The number of aromatic nitrogens is 2. The summed E-state index contributed by atoms with van der Waals surface area (Å²) < 4.78 is 36.8. The van der Waals surface area contributed by atoms with Gasteiger partial charge in [0.25, 0.3) is 5.69 Å². The number of non-ortho nitro benzene ring substituents is 1. The molecule has 0 aliphatic heterocycles. The molecule has 1 aromatic carbocycles. The zero-order valence-electron chi connectivity index (χ0n) is 7.58. The van der Waals surface area contributed by atoms with Gasteiger partial charge in [-0.25, -0.2) is 4.98 Å². The van der Waals surface area contributed by atoms with Gasteiger partial charge >= 0.3 is 6.18 Å². The number of halogens is 3. The Balaban J connectivity index is 0.00000144. The summed E-state index contributed by atoms with van der Waals surface area (Å²) in [5, 5.41) is 10.4. The summed E-state index contributed by atoms with van der Waals surface area (Å²) in [6.07, 6.45) is -4.59. The Morgan fingerprint density at radius 3 is 2.53 bits per heavy atom. The lowest BCUT2D eigenvalue weighted by Gasteiger charge is -1.98. The van der Waals surface area contributed by atoms with E-state index in [1.165, 1.54) is 6.07 Å². The molecule has 0 aliphatic rings. The molecular formula is C9H8F3N3O2. The molecule has 1 aromatic heterocycles. The van der Waals surface area contributed by atoms with Gasteiger partial charge in [0.1, 0.15) is 0 Å². The van der Waals surface area contributed by atoms with E-state index in [9.17, 15) is 23.3 Å². The largest absolute Gasteiger partial charge is 0.449 e. The molecule has 0 fully saturated rings. The van der Waals surface area contributed by atoms with Crippen LogP contribution in [0, 0.1) is 10.1 Å². The SMILES string of the molecule is C.O=[N+]([O-])c1ccc2nc(C(F)(F)F)[nH]c2c1. The van der Waals surface area contributed by atoms with Gasteiger partial charge in [-0.2, -0.15) is 13.2 Å². The number of nitro groups is 1. The molecule has 5 nitrogen and oxygen atoms in total. The topological polar surface area (TPSA) is 71.8 Å². The highest BCUT2D eigenvalue weighted by molar-refractivity contribution is 5.77. The van der Waals surface area contributed by atoms with Gasteiger partial charge in [0.05, 0.1) is 16.0 Å². The molecule has 8 heteroatoms. The van der Waals surface area contributed by atoms with Gasteiger partial charge in [-0.05, 0) is 6.07 Å². The van der Waals surface area contributed by atoms with Crippen LogP contribution in [0.15, 0.2) is 18.2 Å². The van der Waals surface area contributed by atoms with E-state index in [2.05, 4.69) is 4.98 Å². The minimum Gasteiger partial charge on any atom is -0.334 e. The normalized spacial score (nSPS) is 11.2. The summed E-state index contributed by atoms with van der Waals surface area (Å²) in [6.45, 7) is 0. The maximum atomic E-state index is 12.3. The smallest absolute Gasteiger partial charge is 0.334 e. The number of imidazole rings is 1. The summed E-state index contributed by atoms with van der Waals surface area (Å²) in [6, 6.07) is 3.28. The van der Waals surface area contributed by atoms with Crippen LogP contribution in [0.3, 0.4) is 0 Å². The van der Waals surface area contributed by atoms with E-state index in [-0.39, 0.29) is 24.1 Å². The lowest BCUT2D eigenvalue weighted by atomic mass is 10.3. The van der Waals surface area contributed by atoms with Crippen molar-refractivity contribution in [2.75, 3.05) is 0 Å². The Hall–Kier alpha value is -2.12. The lowest BCUT2D eigenvalue weighted by Crippen LogP contribution is -2.06. The van der Waals surface area contributed by atoms with Gasteiger partial charge in [-0.3, -0.25) is 10.1 Å². The summed E-state index contributed by atoms with van der Waals surface area (Å²) in [5.41, 5.74) is -0.260. The molecule has 0 atom stereocenters. The average Bonchev–Trinajstić information content (AvgIpc) is 2.58. The second-order valence-electron chi connectivity index (χ2n) is 3.04. The zero-order chi connectivity index (χ0) is 11.9. The van der Waals surface area contributed by atoms with Crippen molar-refractivity contribution in [3.63, 3.8) is 0 Å². The third-order valence-corrected chi connectivity index (χ3v) is 1.94. The molecule has 0 aliphatic carbocycles. The molecular weight excluding hydrogens is 239 g/mol. The molecule has 0 unspecified atom stereocenters. The Morgan fingerprint density at radius 1 is 1.35 bits per heavy atom. The van der Waals surface area contributed by atoms with Crippen molar-refractivity contribution >= 4 is 16.7 Å². The third kappa shape index (κ3) is 2.35. The van der Waals surface area contributed by atoms with Crippen molar-refractivity contribution in [3.05, 3.63) is 34.1 Å². The van der Waals surface area contributed by atoms with E-state index in [1.54, 1.807) is 0 Å². The highest BCUT2D eigenvalue weighted by Crippen LogP contribution is 2.29. The second kappa shape index (κ2) is 4.04. The molecule has 0 saturated heterocycles. The molecule has 0 amide bonds. The predicted molar refractivity (Wildman–Crippen MR) is 54.5 cm³/mol. The van der Waals surface area contributed by atoms with Crippen LogP contribution in [-0.2, 0) is 6.18 Å². The number of hydrogen-bond donors (Lipinski definition) is 1. The molecule has 17 heavy (non-hydrogen) atoms. The molecule has 2 rings (SSSR count). The van der Waals surface area contributed by atoms with E-state index in [0.717, 1.165) is 12.1 Å². The number of aromatic amines is 1. The monoisotopic (exact) mass is 247 g/mol. The van der Waals surface area contributed by atoms with Crippen molar-refractivity contribution in [3.8, 4) is 0 Å². The first-order valence-electron chi connectivity index (χ1n) is 4.09. The highest BCUT2D eigenvalue weighted by Gasteiger charge is 2.34. The Morgan fingerprint density at radius 2 is 2.00 bits per heavy atom. The number of nitrogens with zero attached hydrogens (tertiary/aromatic N) is 2. The van der Waals surface area contributed by atoms with Gasteiger partial charge < -0.3 is 4.98 Å². The van der Waals surface area contributed by atoms with Crippen molar-refractivity contribution in [2.24, 2.45) is 0 Å². The third-order valence-electron chi connectivity index (χ3n) is 1.94. The van der Waals surface area contributed by atoms with Crippen molar-refractivity contribution in [1.29, 1.82) is 0 Å². The van der Waals surface area contributed by atoms with Gasteiger partial charge in [0.2, 0.25) is 5.82 Å². The van der Waals surface area contributed by atoms with Crippen LogP contribution in [-0.4, -0.2) is 14.9 Å². The first kappa shape index (κ1) is 12.9. The number of alkyl halides is 3. The fraction of sp³-hybridized carbons (Fsp3) is 0.222. The summed E-state index contributed by atoms with van der Waals surface area (Å²) in [5.74, 6) is -1.16. The molecule has 0 bridgehead atoms. The Kier molecular flexibility index (Phi) is 3.08.